The maximum atomic E-state index is 12.8. The van der Waals surface area contributed by atoms with Gasteiger partial charge in [-0.1, -0.05) is 6.07 Å². The molecule has 2 aromatic carbocycles. The average molecular weight is 498 g/mol. The van der Waals surface area contributed by atoms with Crippen LogP contribution in [-0.2, 0) is 22.7 Å². The highest BCUT2D eigenvalue weighted by atomic mass is 32.2. The van der Waals surface area contributed by atoms with E-state index in [9.17, 15) is 36.5 Å². The number of aryl methyl sites for hydroxylation is 1. The summed E-state index contributed by atoms with van der Waals surface area (Å²) in [6.45, 7) is 1.41. The van der Waals surface area contributed by atoms with Crippen LogP contribution >= 0.6 is 0 Å². The van der Waals surface area contributed by atoms with Crippen molar-refractivity contribution in [2.75, 3.05) is 5.43 Å². The van der Waals surface area contributed by atoms with E-state index in [0.29, 0.717) is 23.5 Å². The molecule has 0 saturated carbocycles. The number of hydrazine groups is 1. The molecule has 0 unspecified atom stereocenters. The highest BCUT2D eigenvalue weighted by Gasteiger charge is 2.33. The number of rotatable bonds is 8. The SMILES string of the molecule is Cc1ccc(S(=O)(=O)NCc2ccco2)cc1C(=O)NNc1ccc(C(F)(F)F)cc1[N+](=O)[O-]. The van der Waals surface area contributed by atoms with Crippen LogP contribution in [0.25, 0.3) is 0 Å². The number of nitrogens with zero attached hydrogens (tertiary/aromatic N) is 1. The molecular formula is C20H17F3N4O6S. The summed E-state index contributed by atoms with van der Waals surface area (Å²) < 4.78 is 71.0. The fraction of sp³-hybridized carbons (Fsp3) is 0.150. The van der Waals surface area contributed by atoms with Crippen molar-refractivity contribution in [2.24, 2.45) is 0 Å². The molecule has 1 aromatic heterocycles. The smallest absolute Gasteiger partial charge is 0.416 e. The second-order valence-electron chi connectivity index (χ2n) is 6.95. The first-order valence-corrected chi connectivity index (χ1v) is 10.9. The molecule has 10 nitrogen and oxygen atoms in total. The lowest BCUT2D eigenvalue weighted by molar-refractivity contribution is -0.384. The number of nitro benzene ring substituents is 1. The van der Waals surface area contributed by atoms with Crippen LogP contribution < -0.4 is 15.6 Å². The molecule has 0 bridgehead atoms. The fourth-order valence-corrected chi connectivity index (χ4v) is 3.85. The number of carbonyl (C=O) groups excluding carboxylic acids is 1. The first kappa shape index (κ1) is 24.7. The predicted octanol–water partition coefficient (Wildman–Crippen LogP) is 3.75. The van der Waals surface area contributed by atoms with Crippen LogP contribution in [0.15, 0.2) is 64.1 Å². The van der Waals surface area contributed by atoms with Crippen molar-refractivity contribution in [3.05, 3.63) is 87.4 Å². The number of anilines is 1. The van der Waals surface area contributed by atoms with Gasteiger partial charge in [0.05, 0.1) is 28.2 Å². The van der Waals surface area contributed by atoms with Crippen molar-refractivity contribution in [1.82, 2.24) is 10.1 Å². The van der Waals surface area contributed by atoms with Gasteiger partial charge in [0.25, 0.3) is 11.6 Å². The number of carbonyl (C=O) groups is 1. The number of nitro groups is 1. The minimum atomic E-state index is -4.79. The van der Waals surface area contributed by atoms with Crippen LogP contribution in [0.5, 0.6) is 0 Å². The van der Waals surface area contributed by atoms with Crippen molar-refractivity contribution in [3.63, 3.8) is 0 Å². The van der Waals surface area contributed by atoms with Gasteiger partial charge in [-0.2, -0.15) is 13.2 Å². The van der Waals surface area contributed by atoms with Gasteiger partial charge in [0.2, 0.25) is 10.0 Å². The van der Waals surface area contributed by atoms with Gasteiger partial charge in [0, 0.05) is 11.6 Å². The standard InChI is InChI=1S/C20H17F3N4O6S/c1-12-4-6-15(34(31,32)24-11-14-3-2-8-33-14)10-16(12)19(28)26-25-17-7-5-13(20(21,22)23)9-18(17)27(29)30/h2-10,24-25H,11H2,1H3,(H,26,28). The molecule has 0 radical (unpaired) electrons. The Balaban J connectivity index is 1.78. The second kappa shape index (κ2) is 9.52. The first-order valence-electron chi connectivity index (χ1n) is 9.43. The van der Waals surface area contributed by atoms with Crippen molar-refractivity contribution in [2.45, 2.75) is 24.5 Å². The van der Waals surface area contributed by atoms with Crippen molar-refractivity contribution >= 4 is 27.3 Å². The summed E-state index contributed by atoms with van der Waals surface area (Å²) in [6, 6.07) is 8.67. The minimum Gasteiger partial charge on any atom is -0.468 e. The lowest BCUT2D eigenvalue weighted by atomic mass is 10.1. The molecule has 180 valence electrons. The molecule has 3 rings (SSSR count). The number of amides is 1. The van der Waals surface area contributed by atoms with Crippen molar-refractivity contribution < 1.29 is 35.7 Å². The summed E-state index contributed by atoms with van der Waals surface area (Å²) in [5, 5.41) is 11.2. The quantitative estimate of drug-likeness (QED) is 0.317. The van der Waals surface area contributed by atoms with E-state index in [1.54, 1.807) is 12.1 Å². The lowest BCUT2D eigenvalue weighted by Crippen LogP contribution is -2.31. The summed E-state index contributed by atoms with van der Waals surface area (Å²) in [7, 11) is -4.02. The van der Waals surface area contributed by atoms with Crippen molar-refractivity contribution in [1.29, 1.82) is 0 Å². The summed E-state index contributed by atoms with van der Waals surface area (Å²) in [5.74, 6) is -0.495. The molecular weight excluding hydrogens is 481 g/mol. The molecule has 0 fully saturated rings. The maximum absolute atomic E-state index is 12.8. The van der Waals surface area contributed by atoms with Gasteiger partial charge in [-0.25, -0.2) is 13.1 Å². The van der Waals surface area contributed by atoms with E-state index in [-0.39, 0.29) is 17.0 Å². The topological polar surface area (TPSA) is 144 Å². The molecule has 14 heteroatoms. The Morgan fingerprint density at radius 2 is 1.88 bits per heavy atom. The lowest BCUT2D eigenvalue weighted by Gasteiger charge is -2.13. The Kier molecular flexibility index (Phi) is 6.93. The Morgan fingerprint density at radius 1 is 1.15 bits per heavy atom. The predicted molar refractivity (Wildman–Crippen MR) is 113 cm³/mol. The molecule has 1 amide bonds. The largest absolute Gasteiger partial charge is 0.468 e. The highest BCUT2D eigenvalue weighted by Crippen LogP contribution is 2.34. The molecule has 0 atom stereocenters. The molecule has 0 spiro atoms. The normalized spacial score (nSPS) is 11.8. The van der Waals surface area contributed by atoms with Crippen LogP contribution in [0, 0.1) is 17.0 Å². The zero-order valence-electron chi connectivity index (χ0n) is 17.3. The number of alkyl halides is 3. The number of hydrogen-bond donors (Lipinski definition) is 3. The molecule has 0 saturated heterocycles. The van der Waals surface area contributed by atoms with Crippen molar-refractivity contribution in [3.8, 4) is 0 Å². The van der Waals surface area contributed by atoms with Gasteiger partial charge in [-0.05, 0) is 48.9 Å². The van der Waals surface area contributed by atoms with E-state index >= 15 is 0 Å². The molecule has 3 aromatic rings. The number of nitrogens with one attached hydrogen (secondary N) is 3. The molecule has 0 aliphatic rings. The van der Waals surface area contributed by atoms with Gasteiger partial charge in [-0.3, -0.25) is 25.8 Å². The molecule has 1 heterocycles. The van der Waals surface area contributed by atoms with E-state index in [1.807, 2.05) is 0 Å². The van der Waals surface area contributed by atoms with E-state index in [2.05, 4.69) is 15.6 Å². The Hall–Kier alpha value is -3.91. The van der Waals surface area contributed by atoms with Gasteiger partial charge in [0.1, 0.15) is 11.4 Å². The van der Waals surface area contributed by atoms with Crippen LogP contribution in [-0.4, -0.2) is 19.2 Å². The first-order chi connectivity index (χ1) is 15.9. The monoisotopic (exact) mass is 498 g/mol. The average Bonchev–Trinajstić information content (AvgIpc) is 3.29. The van der Waals surface area contributed by atoms with Gasteiger partial charge >= 0.3 is 6.18 Å². The van der Waals surface area contributed by atoms with Crippen LogP contribution in [0.2, 0.25) is 0 Å². The second-order valence-corrected chi connectivity index (χ2v) is 8.71. The molecule has 3 N–H and O–H groups in total. The summed E-state index contributed by atoms with van der Waals surface area (Å²) in [6.07, 6.45) is -3.41. The van der Waals surface area contributed by atoms with Crippen LogP contribution in [0.1, 0.15) is 27.2 Å². The van der Waals surface area contributed by atoms with Gasteiger partial charge in [-0.15, -0.1) is 0 Å². The minimum absolute atomic E-state index is 0.0806. The number of hydrogen-bond acceptors (Lipinski definition) is 7. The third kappa shape index (κ3) is 5.71. The maximum Gasteiger partial charge on any atom is 0.416 e. The van der Waals surface area contributed by atoms with E-state index in [0.717, 1.165) is 12.1 Å². The Labute approximate surface area is 190 Å². The molecule has 0 aliphatic heterocycles. The summed E-state index contributed by atoms with van der Waals surface area (Å²) in [5.41, 5.74) is 2.12. The van der Waals surface area contributed by atoms with E-state index < -0.39 is 44.0 Å². The molecule has 34 heavy (non-hydrogen) atoms. The summed E-state index contributed by atoms with van der Waals surface area (Å²) >= 11 is 0. The van der Waals surface area contributed by atoms with E-state index in [4.69, 9.17) is 4.42 Å². The van der Waals surface area contributed by atoms with Gasteiger partial charge < -0.3 is 4.42 Å². The number of benzene rings is 2. The molecule has 0 aliphatic carbocycles. The Bertz CT molecular complexity index is 1320. The number of halogens is 3. The van der Waals surface area contributed by atoms with E-state index in [1.165, 1.54) is 25.3 Å². The van der Waals surface area contributed by atoms with Crippen LogP contribution in [0.4, 0.5) is 24.5 Å². The third-order valence-electron chi connectivity index (χ3n) is 4.61. The fourth-order valence-electron chi connectivity index (χ4n) is 2.83. The number of sulfonamides is 1. The van der Waals surface area contributed by atoms with Gasteiger partial charge in [0.15, 0.2) is 0 Å². The Morgan fingerprint density at radius 3 is 2.50 bits per heavy atom. The highest BCUT2D eigenvalue weighted by molar-refractivity contribution is 7.89. The third-order valence-corrected chi connectivity index (χ3v) is 6.01. The van der Waals surface area contributed by atoms with Crippen LogP contribution in [0.3, 0.4) is 0 Å². The summed E-state index contributed by atoms with van der Waals surface area (Å²) in [4.78, 5) is 22.5. The number of furan rings is 1. The zero-order valence-corrected chi connectivity index (χ0v) is 18.2. The zero-order chi connectivity index (χ0) is 25.1.